The zero-order valence-electron chi connectivity index (χ0n) is 13.4. The molecule has 0 radical (unpaired) electrons. The summed E-state index contributed by atoms with van der Waals surface area (Å²) in [7, 11) is 2.08. The van der Waals surface area contributed by atoms with Gasteiger partial charge < -0.3 is 19.0 Å². The Bertz CT molecular complexity index is 639. The van der Waals surface area contributed by atoms with E-state index in [1.54, 1.807) is 12.3 Å². The van der Waals surface area contributed by atoms with Crippen molar-refractivity contribution in [1.82, 2.24) is 9.80 Å². The van der Waals surface area contributed by atoms with Crippen LogP contribution in [0.2, 0.25) is 0 Å². The molecule has 1 aromatic heterocycles. The maximum absolute atomic E-state index is 12.7. The Balaban J connectivity index is 1.66. The maximum Gasteiger partial charge on any atom is 0.290 e. The van der Waals surface area contributed by atoms with Crippen LogP contribution in [0.5, 0.6) is 5.75 Å². The van der Waals surface area contributed by atoms with E-state index in [1.807, 2.05) is 35.2 Å². The second-order valence-electron chi connectivity index (χ2n) is 5.83. The van der Waals surface area contributed by atoms with Crippen LogP contribution in [0.15, 0.2) is 47.1 Å². The van der Waals surface area contributed by atoms with Gasteiger partial charge >= 0.3 is 0 Å². The summed E-state index contributed by atoms with van der Waals surface area (Å²) in [6.45, 7) is 3.74. The molecule has 0 spiro atoms. The number of benzene rings is 1. The molecule has 0 atom stereocenters. The monoisotopic (exact) mass is 314 g/mol. The van der Waals surface area contributed by atoms with Gasteiger partial charge in [-0.3, -0.25) is 4.79 Å². The summed E-state index contributed by atoms with van der Waals surface area (Å²) in [5.74, 6) is 1.13. The Morgan fingerprint density at radius 2 is 1.96 bits per heavy atom. The molecule has 3 rings (SSSR count). The van der Waals surface area contributed by atoms with Gasteiger partial charge in [0.15, 0.2) is 5.76 Å². The van der Waals surface area contributed by atoms with Crippen molar-refractivity contribution in [2.24, 2.45) is 0 Å². The van der Waals surface area contributed by atoms with Crippen LogP contribution in [0.4, 0.5) is 0 Å². The van der Waals surface area contributed by atoms with Crippen LogP contribution >= 0.6 is 0 Å². The van der Waals surface area contributed by atoms with Gasteiger partial charge in [0, 0.05) is 25.2 Å². The van der Waals surface area contributed by atoms with E-state index in [9.17, 15) is 4.79 Å². The molecular formula is C18H22N2O3. The van der Waals surface area contributed by atoms with Crippen LogP contribution in [0.25, 0.3) is 0 Å². The second-order valence-corrected chi connectivity index (χ2v) is 5.83. The SMILES string of the molecule is CN1CCCN(C(=O)c2occc2COc2ccccc2)CC1. The fraction of sp³-hybridized carbons (Fsp3) is 0.389. The lowest BCUT2D eigenvalue weighted by Crippen LogP contribution is -2.34. The topological polar surface area (TPSA) is 45.9 Å². The second kappa shape index (κ2) is 7.33. The van der Waals surface area contributed by atoms with Crippen molar-refractivity contribution in [1.29, 1.82) is 0 Å². The summed E-state index contributed by atoms with van der Waals surface area (Å²) < 4.78 is 11.2. The highest BCUT2D eigenvalue weighted by Crippen LogP contribution is 2.18. The van der Waals surface area contributed by atoms with Gasteiger partial charge in [0.05, 0.1) is 6.26 Å². The molecular weight excluding hydrogens is 292 g/mol. The van der Waals surface area contributed by atoms with Crippen molar-refractivity contribution in [2.75, 3.05) is 33.2 Å². The third-order valence-electron chi connectivity index (χ3n) is 4.09. The number of ether oxygens (including phenoxy) is 1. The molecule has 1 aliphatic rings. The molecule has 2 aromatic rings. The van der Waals surface area contributed by atoms with Gasteiger partial charge in [-0.05, 0) is 38.2 Å². The maximum atomic E-state index is 12.7. The number of furan rings is 1. The Kier molecular flexibility index (Phi) is 4.98. The first-order valence-corrected chi connectivity index (χ1v) is 7.96. The number of hydrogen-bond acceptors (Lipinski definition) is 4. The number of para-hydroxylation sites is 1. The van der Waals surface area contributed by atoms with Gasteiger partial charge in [0.1, 0.15) is 12.4 Å². The Hall–Kier alpha value is -2.27. The van der Waals surface area contributed by atoms with Gasteiger partial charge in [-0.2, -0.15) is 0 Å². The fourth-order valence-corrected chi connectivity index (χ4v) is 2.71. The van der Waals surface area contributed by atoms with Gasteiger partial charge in [-0.1, -0.05) is 18.2 Å². The number of rotatable bonds is 4. The zero-order chi connectivity index (χ0) is 16.1. The van der Waals surface area contributed by atoms with Gasteiger partial charge in [0.2, 0.25) is 0 Å². The highest BCUT2D eigenvalue weighted by Gasteiger charge is 2.24. The average Bonchev–Trinajstić information content (AvgIpc) is 2.94. The predicted molar refractivity (Wildman–Crippen MR) is 87.5 cm³/mol. The van der Waals surface area contributed by atoms with E-state index < -0.39 is 0 Å². The molecule has 122 valence electrons. The molecule has 5 nitrogen and oxygen atoms in total. The molecule has 2 heterocycles. The molecule has 1 amide bonds. The van der Waals surface area contributed by atoms with Gasteiger partial charge in [-0.25, -0.2) is 0 Å². The fourth-order valence-electron chi connectivity index (χ4n) is 2.71. The summed E-state index contributed by atoms with van der Waals surface area (Å²) >= 11 is 0. The van der Waals surface area contributed by atoms with Crippen LogP contribution in [-0.2, 0) is 6.61 Å². The molecule has 5 heteroatoms. The van der Waals surface area contributed by atoms with Crippen molar-refractivity contribution in [2.45, 2.75) is 13.0 Å². The van der Waals surface area contributed by atoms with Crippen LogP contribution < -0.4 is 4.74 Å². The first-order valence-electron chi connectivity index (χ1n) is 7.96. The first-order chi connectivity index (χ1) is 11.2. The minimum atomic E-state index is -0.0445. The summed E-state index contributed by atoms with van der Waals surface area (Å²) in [5, 5.41) is 0. The zero-order valence-corrected chi connectivity index (χ0v) is 13.4. The molecule has 0 saturated carbocycles. The van der Waals surface area contributed by atoms with Crippen molar-refractivity contribution in [3.63, 3.8) is 0 Å². The number of carbonyl (C=O) groups is 1. The Morgan fingerprint density at radius 3 is 2.78 bits per heavy atom. The molecule has 0 unspecified atom stereocenters. The third-order valence-corrected chi connectivity index (χ3v) is 4.09. The highest BCUT2D eigenvalue weighted by molar-refractivity contribution is 5.93. The van der Waals surface area contributed by atoms with E-state index in [2.05, 4.69) is 11.9 Å². The van der Waals surface area contributed by atoms with E-state index in [4.69, 9.17) is 9.15 Å². The minimum Gasteiger partial charge on any atom is -0.489 e. The van der Waals surface area contributed by atoms with Crippen LogP contribution in [-0.4, -0.2) is 48.9 Å². The number of nitrogens with zero attached hydrogens (tertiary/aromatic N) is 2. The summed E-state index contributed by atoms with van der Waals surface area (Å²) in [6.07, 6.45) is 2.54. The van der Waals surface area contributed by atoms with E-state index in [1.165, 1.54) is 0 Å². The number of hydrogen-bond donors (Lipinski definition) is 0. The number of likely N-dealkylation sites (N-methyl/N-ethyl adjacent to an activating group) is 1. The van der Waals surface area contributed by atoms with E-state index in [-0.39, 0.29) is 5.91 Å². The molecule has 0 N–H and O–H groups in total. The molecule has 0 aliphatic carbocycles. The summed E-state index contributed by atoms with van der Waals surface area (Å²) in [6, 6.07) is 11.4. The lowest BCUT2D eigenvalue weighted by atomic mass is 10.2. The summed E-state index contributed by atoms with van der Waals surface area (Å²) in [5.41, 5.74) is 0.788. The average molecular weight is 314 g/mol. The largest absolute Gasteiger partial charge is 0.489 e. The number of carbonyl (C=O) groups excluding carboxylic acids is 1. The smallest absolute Gasteiger partial charge is 0.290 e. The van der Waals surface area contributed by atoms with Gasteiger partial charge in [0.25, 0.3) is 5.91 Å². The van der Waals surface area contributed by atoms with E-state index in [0.717, 1.165) is 43.9 Å². The van der Waals surface area contributed by atoms with E-state index in [0.29, 0.717) is 12.4 Å². The highest BCUT2D eigenvalue weighted by atomic mass is 16.5. The molecule has 0 bridgehead atoms. The first kappa shape index (κ1) is 15.6. The van der Waals surface area contributed by atoms with Crippen LogP contribution in [0.3, 0.4) is 0 Å². The van der Waals surface area contributed by atoms with Crippen LogP contribution in [0, 0.1) is 0 Å². The van der Waals surface area contributed by atoms with Crippen molar-refractivity contribution < 1.29 is 13.9 Å². The minimum absolute atomic E-state index is 0.0445. The third kappa shape index (κ3) is 3.93. The van der Waals surface area contributed by atoms with E-state index >= 15 is 0 Å². The molecule has 1 aliphatic heterocycles. The predicted octanol–water partition coefficient (Wildman–Crippen LogP) is 2.64. The van der Waals surface area contributed by atoms with Crippen LogP contribution in [0.1, 0.15) is 22.5 Å². The standard InChI is InChI=1S/C18H22N2O3/c1-19-9-5-10-20(12-11-19)18(21)17-15(8-13-22-17)14-23-16-6-3-2-4-7-16/h2-4,6-8,13H,5,9-12,14H2,1H3. The Labute approximate surface area is 136 Å². The number of amides is 1. The molecule has 23 heavy (non-hydrogen) atoms. The quantitative estimate of drug-likeness (QED) is 0.870. The Morgan fingerprint density at radius 1 is 1.13 bits per heavy atom. The van der Waals surface area contributed by atoms with Gasteiger partial charge in [-0.15, -0.1) is 0 Å². The lowest BCUT2D eigenvalue weighted by molar-refractivity contribution is 0.0727. The summed E-state index contributed by atoms with van der Waals surface area (Å²) in [4.78, 5) is 16.8. The molecule has 1 saturated heterocycles. The van der Waals surface area contributed by atoms with Crippen molar-refractivity contribution in [3.8, 4) is 5.75 Å². The van der Waals surface area contributed by atoms with Crippen molar-refractivity contribution in [3.05, 3.63) is 54.0 Å². The molecule has 1 fully saturated rings. The lowest BCUT2D eigenvalue weighted by Gasteiger charge is -2.20. The molecule has 1 aromatic carbocycles. The normalized spacial score (nSPS) is 16.1. The van der Waals surface area contributed by atoms with Crippen molar-refractivity contribution >= 4 is 5.91 Å².